The van der Waals surface area contributed by atoms with E-state index in [2.05, 4.69) is 20.7 Å². The number of para-hydroxylation sites is 1. The molecular formula is C28H30N6O4. The van der Waals surface area contributed by atoms with E-state index >= 15 is 0 Å². The Morgan fingerprint density at radius 2 is 1.82 bits per heavy atom. The Bertz CT molecular complexity index is 1380. The predicted molar refractivity (Wildman–Crippen MR) is 140 cm³/mol. The molecule has 0 saturated heterocycles. The Morgan fingerprint density at radius 1 is 1.08 bits per heavy atom. The monoisotopic (exact) mass is 514 g/mol. The van der Waals surface area contributed by atoms with Crippen molar-refractivity contribution in [3.05, 3.63) is 78.1 Å². The summed E-state index contributed by atoms with van der Waals surface area (Å²) in [5.41, 5.74) is 1.25. The van der Waals surface area contributed by atoms with Crippen LogP contribution in [-0.4, -0.2) is 45.2 Å². The Morgan fingerprint density at radius 3 is 2.47 bits per heavy atom. The molecule has 0 radical (unpaired) electrons. The number of carbonyl (C=O) groups excluding carboxylic acids is 2. The van der Waals surface area contributed by atoms with E-state index in [-0.39, 0.29) is 30.2 Å². The zero-order chi connectivity index (χ0) is 26.5. The van der Waals surface area contributed by atoms with E-state index in [0.717, 1.165) is 31.4 Å². The number of nitrogens with zero attached hydrogens (tertiary/aromatic N) is 5. The summed E-state index contributed by atoms with van der Waals surface area (Å²) in [5.74, 6) is 1.53. The van der Waals surface area contributed by atoms with Gasteiger partial charge in [-0.1, -0.05) is 43.2 Å². The molecule has 0 unspecified atom stereocenters. The first-order valence-corrected chi connectivity index (χ1v) is 12.7. The summed E-state index contributed by atoms with van der Waals surface area (Å²) in [7, 11) is 1.59. The largest absolute Gasteiger partial charge is 0.497 e. The minimum atomic E-state index is -0.910. The number of rotatable bonds is 9. The highest BCUT2D eigenvalue weighted by atomic mass is 16.5. The van der Waals surface area contributed by atoms with Crippen molar-refractivity contribution in [2.75, 3.05) is 12.0 Å². The van der Waals surface area contributed by atoms with E-state index in [4.69, 9.17) is 9.15 Å². The first-order chi connectivity index (χ1) is 18.5. The molecule has 2 aromatic carbocycles. The van der Waals surface area contributed by atoms with E-state index in [1.165, 1.54) is 9.70 Å². The molecular weight excluding hydrogens is 484 g/mol. The third-order valence-corrected chi connectivity index (χ3v) is 6.63. The van der Waals surface area contributed by atoms with Gasteiger partial charge in [0.1, 0.15) is 24.1 Å². The van der Waals surface area contributed by atoms with Gasteiger partial charge in [0.25, 0.3) is 5.91 Å². The Labute approximate surface area is 220 Å². The number of tetrazole rings is 1. The van der Waals surface area contributed by atoms with Crippen LogP contribution in [0.1, 0.15) is 43.0 Å². The van der Waals surface area contributed by atoms with E-state index in [1.807, 2.05) is 49.4 Å². The lowest BCUT2D eigenvalue weighted by Gasteiger charge is -2.32. The number of methoxy groups -OCH3 is 1. The molecule has 10 nitrogen and oxygen atoms in total. The number of amides is 2. The molecule has 196 valence electrons. The number of nitrogens with one attached hydrogen (secondary N) is 1. The van der Waals surface area contributed by atoms with Gasteiger partial charge in [0.15, 0.2) is 5.76 Å². The number of hydrogen-bond acceptors (Lipinski definition) is 7. The summed E-state index contributed by atoms with van der Waals surface area (Å²) >= 11 is 0. The number of hydrogen-bond donors (Lipinski definition) is 1. The van der Waals surface area contributed by atoms with Crippen molar-refractivity contribution in [1.29, 1.82) is 0 Å². The maximum atomic E-state index is 13.9. The van der Waals surface area contributed by atoms with Crippen LogP contribution in [0.3, 0.4) is 0 Å². The van der Waals surface area contributed by atoms with Crippen molar-refractivity contribution in [2.45, 2.75) is 51.2 Å². The number of ether oxygens (including phenoxy) is 1. The minimum absolute atomic E-state index is 0.0901. The molecule has 1 N–H and O–H groups in total. The fourth-order valence-electron chi connectivity index (χ4n) is 4.74. The van der Waals surface area contributed by atoms with Crippen LogP contribution in [0.5, 0.6) is 5.75 Å². The fourth-order valence-corrected chi connectivity index (χ4v) is 4.74. The Hall–Kier alpha value is -4.47. The lowest BCUT2D eigenvalue weighted by molar-refractivity contribution is -0.127. The molecule has 1 aliphatic carbocycles. The number of aromatic nitrogens is 4. The maximum absolute atomic E-state index is 13.9. The molecule has 1 fully saturated rings. The lowest BCUT2D eigenvalue weighted by Crippen LogP contribution is -2.47. The molecule has 38 heavy (non-hydrogen) atoms. The van der Waals surface area contributed by atoms with E-state index < -0.39 is 6.04 Å². The van der Waals surface area contributed by atoms with Crippen molar-refractivity contribution in [3.63, 3.8) is 0 Å². The maximum Gasteiger partial charge on any atom is 0.251 e. The summed E-state index contributed by atoms with van der Waals surface area (Å²) in [6, 6.07) is 19.1. The van der Waals surface area contributed by atoms with Crippen molar-refractivity contribution >= 4 is 17.5 Å². The molecule has 1 aliphatic rings. The van der Waals surface area contributed by atoms with Crippen molar-refractivity contribution in [1.82, 2.24) is 25.5 Å². The van der Waals surface area contributed by atoms with Crippen LogP contribution >= 0.6 is 0 Å². The van der Waals surface area contributed by atoms with E-state index in [0.29, 0.717) is 22.8 Å². The number of carbonyl (C=O) groups is 2. The normalized spacial score (nSPS) is 14.3. The molecule has 2 aromatic heterocycles. The van der Waals surface area contributed by atoms with Crippen LogP contribution in [0.2, 0.25) is 0 Å². The molecule has 2 amide bonds. The lowest BCUT2D eigenvalue weighted by atomic mass is 10.0. The average molecular weight is 515 g/mol. The smallest absolute Gasteiger partial charge is 0.251 e. The van der Waals surface area contributed by atoms with Gasteiger partial charge >= 0.3 is 0 Å². The zero-order valence-electron chi connectivity index (χ0n) is 21.4. The predicted octanol–water partition coefficient (Wildman–Crippen LogP) is 4.08. The van der Waals surface area contributed by atoms with Crippen LogP contribution < -0.4 is 15.0 Å². The first kappa shape index (κ1) is 25.2. The summed E-state index contributed by atoms with van der Waals surface area (Å²) in [6.45, 7) is 1.61. The second-order valence-corrected chi connectivity index (χ2v) is 9.32. The topological polar surface area (TPSA) is 115 Å². The van der Waals surface area contributed by atoms with Crippen LogP contribution in [0.15, 0.2) is 71.1 Å². The highest BCUT2D eigenvalue weighted by Crippen LogP contribution is 2.30. The standard InChI is InChI=1S/C28H30N6O4/c1-19-12-17-24(38-19)27-30-32-33(31-27)18-25(35)34(22-10-4-3-5-11-22)26(20-13-15-23(37-2)16-14-20)28(36)29-21-8-6-7-9-21/h3-5,10-17,21,26H,6-9,18H2,1-2H3,(H,29,36)/t26-/m0/s1. The number of benzene rings is 2. The summed E-state index contributed by atoms with van der Waals surface area (Å²) in [6.07, 6.45) is 4.01. The van der Waals surface area contributed by atoms with Crippen LogP contribution in [-0.2, 0) is 16.1 Å². The number of aryl methyl sites for hydroxylation is 1. The van der Waals surface area contributed by atoms with Crippen LogP contribution in [0.25, 0.3) is 11.6 Å². The number of anilines is 1. The summed E-state index contributed by atoms with van der Waals surface area (Å²) in [4.78, 5) is 30.4. The average Bonchev–Trinajstić information content (AvgIpc) is 3.71. The summed E-state index contributed by atoms with van der Waals surface area (Å²) < 4.78 is 10.9. The Kier molecular flexibility index (Phi) is 7.48. The van der Waals surface area contributed by atoms with Gasteiger partial charge in [-0.05, 0) is 66.9 Å². The Balaban J connectivity index is 1.49. The van der Waals surface area contributed by atoms with Crippen molar-refractivity contribution < 1.29 is 18.7 Å². The third-order valence-electron chi connectivity index (χ3n) is 6.63. The molecule has 1 saturated carbocycles. The number of furan rings is 1. The quantitative estimate of drug-likeness (QED) is 0.358. The van der Waals surface area contributed by atoms with Crippen LogP contribution in [0.4, 0.5) is 5.69 Å². The van der Waals surface area contributed by atoms with E-state index in [9.17, 15) is 9.59 Å². The van der Waals surface area contributed by atoms with Gasteiger partial charge in [0.05, 0.1) is 7.11 Å². The van der Waals surface area contributed by atoms with Gasteiger partial charge in [-0.15, -0.1) is 10.2 Å². The van der Waals surface area contributed by atoms with Gasteiger partial charge in [0.2, 0.25) is 11.7 Å². The van der Waals surface area contributed by atoms with Gasteiger partial charge < -0.3 is 14.5 Å². The summed E-state index contributed by atoms with van der Waals surface area (Å²) in [5, 5.41) is 15.6. The molecule has 1 atom stereocenters. The van der Waals surface area contributed by atoms with Crippen molar-refractivity contribution in [2.24, 2.45) is 0 Å². The van der Waals surface area contributed by atoms with Gasteiger partial charge in [-0.2, -0.15) is 4.80 Å². The van der Waals surface area contributed by atoms with Gasteiger partial charge in [0, 0.05) is 11.7 Å². The highest BCUT2D eigenvalue weighted by Gasteiger charge is 2.34. The molecule has 0 aliphatic heterocycles. The third kappa shape index (κ3) is 5.59. The van der Waals surface area contributed by atoms with Crippen LogP contribution in [0, 0.1) is 6.92 Å². The van der Waals surface area contributed by atoms with Gasteiger partial charge in [-0.3, -0.25) is 14.5 Å². The van der Waals surface area contributed by atoms with E-state index in [1.54, 1.807) is 31.4 Å². The molecule has 2 heterocycles. The molecule has 0 spiro atoms. The molecule has 0 bridgehead atoms. The van der Waals surface area contributed by atoms with Crippen molar-refractivity contribution in [3.8, 4) is 17.3 Å². The first-order valence-electron chi connectivity index (χ1n) is 12.7. The molecule has 10 heteroatoms. The SMILES string of the molecule is COc1ccc([C@@H](C(=O)NC2CCCC2)N(C(=O)Cn2nnc(-c3ccc(C)o3)n2)c2ccccc2)cc1. The zero-order valence-corrected chi connectivity index (χ0v) is 21.4. The fraction of sp³-hybridized carbons (Fsp3) is 0.321. The second-order valence-electron chi connectivity index (χ2n) is 9.32. The highest BCUT2D eigenvalue weighted by molar-refractivity contribution is 6.01. The van der Waals surface area contributed by atoms with Gasteiger partial charge in [-0.25, -0.2) is 0 Å². The minimum Gasteiger partial charge on any atom is -0.497 e. The molecule has 5 rings (SSSR count). The molecule has 4 aromatic rings. The second kappa shape index (κ2) is 11.3.